The summed E-state index contributed by atoms with van der Waals surface area (Å²) in [5.74, 6) is 0.215. The molecule has 1 aromatic carbocycles. The Balaban J connectivity index is 0.000000796. The minimum atomic E-state index is -0.810. The third kappa shape index (κ3) is 8.04. The fourth-order valence-corrected chi connectivity index (χ4v) is 0.947. The van der Waals surface area contributed by atoms with Crippen molar-refractivity contribution in [3.63, 3.8) is 0 Å². The van der Waals surface area contributed by atoms with Crippen LogP contribution in [0.15, 0.2) is 24.3 Å². The lowest BCUT2D eigenvalue weighted by Crippen LogP contribution is -2.10. The summed E-state index contributed by atoms with van der Waals surface area (Å²) >= 11 is 0. The van der Waals surface area contributed by atoms with Crippen molar-refractivity contribution in [3.8, 4) is 5.75 Å². The first-order chi connectivity index (χ1) is 9.54. The normalized spacial score (nSPS) is 9.15. The lowest BCUT2D eigenvalue weighted by molar-refractivity contribution is -0.384. The molecule has 0 bridgehead atoms. The zero-order valence-corrected chi connectivity index (χ0v) is 11.6. The molecule has 0 saturated carbocycles. The largest absolute Gasteiger partial charge is 0.513 e. The highest BCUT2D eigenvalue weighted by atomic mass is 16.7. The van der Waals surface area contributed by atoms with Crippen molar-refractivity contribution in [1.82, 2.24) is 0 Å². The first-order valence-corrected chi connectivity index (χ1v) is 6.25. The molecule has 112 valence electrons. The number of aliphatic hydroxyl groups excluding tert-OH is 1. The van der Waals surface area contributed by atoms with Crippen LogP contribution in [0.4, 0.5) is 10.5 Å². The summed E-state index contributed by atoms with van der Waals surface area (Å²) in [5.41, 5.74) is -0.0609. The van der Waals surface area contributed by atoms with Crippen LogP contribution in [-0.4, -0.2) is 29.4 Å². The topological polar surface area (TPSA) is 98.9 Å². The van der Waals surface area contributed by atoms with Crippen LogP contribution in [0.2, 0.25) is 0 Å². The third-order valence-corrected chi connectivity index (χ3v) is 1.90. The molecule has 1 rings (SSSR count). The van der Waals surface area contributed by atoms with E-state index < -0.39 is 11.1 Å². The Kier molecular flexibility index (Phi) is 9.59. The van der Waals surface area contributed by atoms with Crippen LogP contribution in [0.3, 0.4) is 0 Å². The number of ether oxygens (including phenoxy) is 2. The maximum absolute atomic E-state index is 11.0. The van der Waals surface area contributed by atoms with E-state index >= 15 is 0 Å². The zero-order chi connectivity index (χ0) is 15.4. The Hall–Kier alpha value is -2.15. The number of carbonyl (C=O) groups is 1. The molecule has 1 N–H and O–H groups in total. The number of nitro benzene ring substituents is 1. The number of carbonyl (C=O) groups excluding carboxylic acids is 1. The van der Waals surface area contributed by atoms with Crippen molar-refractivity contribution < 1.29 is 24.3 Å². The maximum atomic E-state index is 11.0. The van der Waals surface area contributed by atoms with Gasteiger partial charge in [0.2, 0.25) is 0 Å². The molecule has 7 heteroatoms. The Morgan fingerprint density at radius 2 is 1.80 bits per heavy atom. The highest BCUT2D eigenvalue weighted by Gasteiger charge is 2.08. The predicted molar refractivity (Wildman–Crippen MR) is 72.7 cm³/mol. The van der Waals surface area contributed by atoms with Crippen LogP contribution in [-0.2, 0) is 4.74 Å². The van der Waals surface area contributed by atoms with Gasteiger partial charge in [-0.15, -0.1) is 0 Å². The average molecular weight is 285 g/mol. The van der Waals surface area contributed by atoms with E-state index in [1.807, 2.05) is 13.8 Å². The van der Waals surface area contributed by atoms with Gasteiger partial charge in [0.1, 0.15) is 5.75 Å². The van der Waals surface area contributed by atoms with E-state index in [0.29, 0.717) is 13.0 Å². The molecule has 0 heterocycles. The van der Waals surface area contributed by atoms with E-state index in [4.69, 9.17) is 9.84 Å². The lowest BCUT2D eigenvalue weighted by Gasteiger charge is -2.03. The van der Waals surface area contributed by atoms with Crippen LogP contribution < -0.4 is 4.74 Å². The molecule has 0 atom stereocenters. The lowest BCUT2D eigenvalue weighted by atomic mass is 10.3. The molecule has 0 fully saturated rings. The fraction of sp³-hybridized carbons (Fsp3) is 0.462. The molecule has 7 nitrogen and oxygen atoms in total. The van der Waals surface area contributed by atoms with Gasteiger partial charge in [-0.3, -0.25) is 10.1 Å². The Labute approximate surface area is 117 Å². The second kappa shape index (κ2) is 10.7. The molecule has 1 aromatic rings. The molecule has 0 aliphatic carbocycles. The van der Waals surface area contributed by atoms with Gasteiger partial charge in [-0.1, -0.05) is 13.8 Å². The number of nitro groups is 1. The zero-order valence-electron chi connectivity index (χ0n) is 11.6. The number of benzene rings is 1. The van der Waals surface area contributed by atoms with Gasteiger partial charge >= 0.3 is 6.16 Å². The van der Waals surface area contributed by atoms with Gasteiger partial charge in [0.25, 0.3) is 5.69 Å². The predicted octanol–water partition coefficient (Wildman–Crippen LogP) is 2.91. The quantitative estimate of drug-likeness (QED) is 0.386. The second-order valence-corrected chi connectivity index (χ2v) is 3.68. The Bertz CT molecular complexity index is 402. The van der Waals surface area contributed by atoms with Crippen molar-refractivity contribution in [2.75, 3.05) is 13.2 Å². The van der Waals surface area contributed by atoms with E-state index in [2.05, 4.69) is 4.74 Å². The van der Waals surface area contributed by atoms with E-state index in [0.717, 1.165) is 6.42 Å². The summed E-state index contributed by atoms with van der Waals surface area (Å²) in [6.45, 7) is 4.39. The molecule has 0 aromatic heterocycles. The minimum Gasteiger partial charge on any atom is -0.434 e. The van der Waals surface area contributed by atoms with Gasteiger partial charge in [-0.2, -0.15) is 0 Å². The highest BCUT2D eigenvalue weighted by molar-refractivity contribution is 5.63. The summed E-state index contributed by atoms with van der Waals surface area (Å²) < 4.78 is 9.45. The molecule has 0 spiro atoms. The molecule has 0 unspecified atom stereocenters. The molecule has 0 saturated heterocycles. The Morgan fingerprint density at radius 3 is 2.20 bits per heavy atom. The van der Waals surface area contributed by atoms with Crippen molar-refractivity contribution >= 4 is 11.8 Å². The number of nitrogens with zero attached hydrogens (tertiary/aromatic N) is 1. The number of hydrogen-bond acceptors (Lipinski definition) is 6. The molecular weight excluding hydrogens is 266 g/mol. The van der Waals surface area contributed by atoms with Crippen LogP contribution in [0.1, 0.15) is 26.7 Å². The van der Waals surface area contributed by atoms with E-state index in [1.165, 1.54) is 24.3 Å². The van der Waals surface area contributed by atoms with Crippen LogP contribution in [0, 0.1) is 10.1 Å². The van der Waals surface area contributed by atoms with Crippen LogP contribution in [0.25, 0.3) is 0 Å². The molecule has 0 radical (unpaired) electrons. The molecule has 0 aliphatic rings. The van der Waals surface area contributed by atoms with Gasteiger partial charge in [0.05, 0.1) is 11.5 Å². The van der Waals surface area contributed by atoms with Gasteiger partial charge in [0, 0.05) is 18.7 Å². The van der Waals surface area contributed by atoms with E-state index in [1.54, 1.807) is 0 Å². The fourth-order valence-electron chi connectivity index (χ4n) is 0.947. The first-order valence-electron chi connectivity index (χ1n) is 6.25. The van der Waals surface area contributed by atoms with Crippen LogP contribution in [0.5, 0.6) is 5.75 Å². The SMILES string of the molecule is CCCO.CCCOC(=O)Oc1ccc([N+](=O)[O-])cc1. The number of hydrogen-bond donors (Lipinski definition) is 1. The molecular formula is C13H19NO6. The van der Waals surface area contributed by atoms with Crippen molar-refractivity contribution in [2.45, 2.75) is 26.7 Å². The number of aliphatic hydroxyl groups is 1. The number of non-ortho nitro benzene ring substituents is 1. The van der Waals surface area contributed by atoms with Gasteiger partial charge in [0.15, 0.2) is 0 Å². The summed E-state index contributed by atoms with van der Waals surface area (Å²) in [7, 11) is 0. The molecule has 20 heavy (non-hydrogen) atoms. The monoisotopic (exact) mass is 285 g/mol. The van der Waals surface area contributed by atoms with E-state index in [-0.39, 0.29) is 18.0 Å². The minimum absolute atomic E-state index is 0.0609. The van der Waals surface area contributed by atoms with Crippen molar-refractivity contribution in [3.05, 3.63) is 34.4 Å². The second-order valence-electron chi connectivity index (χ2n) is 3.68. The third-order valence-electron chi connectivity index (χ3n) is 1.90. The average Bonchev–Trinajstić information content (AvgIpc) is 2.46. The molecule has 0 amide bonds. The maximum Gasteiger partial charge on any atom is 0.513 e. The van der Waals surface area contributed by atoms with Crippen LogP contribution >= 0.6 is 0 Å². The number of rotatable bonds is 5. The summed E-state index contributed by atoms with van der Waals surface area (Å²) in [6.07, 6.45) is 0.769. The molecule has 0 aliphatic heterocycles. The Morgan fingerprint density at radius 1 is 1.25 bits per heavy atom. The summed E-state index contributed by atoms with van der Waals surface area (Å²) in [5, 5.41) is 18.2. The highest BCUT2D eigenvalue weighted by Crippen LogP contribution is 2.17. The summed E-state index contributed by atoms with van der Waals surface area (Å²) in [6, 6.07) is 5.18. The van der Waals surface area contributed by atoms with Gasteiger partial charge in [-0.25, -0.2) is 4.79 Å². The first kappa shape index (κ1) is 17.8. The smallest absolute Gasteiger partial charge is 0.434 e. The van der Waals surface area contributed by atoms with Crippen molar-refractivity contribution in [1.29, 1.82) is 0 Å². The van der Waals surface area contributed by atoms with E-state index in [9.17, 15) is 14.9 Å². The van der Waals surface area contributed by atoms with Gasteiger partial charge in [-0.05, 0) is 25.0 Å². The summed E-state index contributed by atoms with van der Waals surface area (Å²) in [4.78, 5) is 20.8. The van der Waals surface area contributed by atoms with Crippen molar-refractivity contribution in [2.24, 2.45) is 0 Å². The van der Waals surface area contributed by atoms with Gasteiger partial charge < -0.3 is 14.6 Å². The standard InChI is InChI=1S/C10H11NO5.C3H8O/c1-2-7-15-10(12)16-9-5-3-8(4-6-9)11(13)14;1-2-3-4/h3-6H,2,7H2,1H3;4H,2-3H2,1H3.